The van der Waals surface area contributed by atoms with E-state index in [1.165, 1.54) is 5.56 Å². The minimum atomic E-state index is 0.0151. The van der Waals surface area contributed by atoms with Crippen molar-refractivity contribution in [1.29, 1.82) is 0 Å². The third-order valence-corrected chi connectivity index (χ3v) is 5.02. The molecule has 0 saturated heterocycles. The summed E-state index contributed by atoms with van der Waals surface area (Å²) in [5.74, 6) is 0.416. The normalized spacial score (nSPS) is 10.6. The van der Waals surface area contributed by atoms with Crippen molar-refractivity contribution in [3.05, 3.63) is 58.1 Å². The lowest BCUT2D eigenvalue weighted by Crippen LogP contribution is -2.18. The largest absolute Gasteiger partial charge is 0.325 e. The molecule has 2 aromatic rings. The lowest BCUT2D eigenvalue weighted by Gasteiger charge is -2.12. The van der Waals surface area contributed by atoms with Gasteiger partial charge in [0.2, 0.25) is 5.91 Å². The summed E-state index contributed by atoms with van der Waals surface area (Å²) in [5, 5.41) is 6.30. The third-order valence-electron chi connectivity index (χ3n) is 3.35. The van der Waals surface area contributed by atoms with E-state index in [0.29, 0.717) is 5.75 Å². The van der Waals surface area contributed by atoms with Gasteiger partial charge in [0, 0.05) is 21.6 Å². The zero-order chi connectivity index (χ0) is 16.7. The molecule has 1 amide bonds. The number of nitrogens with one attached hydrogen (secondary N) is 2. The Morgan fingerprint density at radius 2 is 2.00 bits per heavy atom. The second kappa shape index (κ2) is 9.11. The summed E-state index contributed by atoms with van der Waals surface area (Å²) in [6.07, 6.45) is 0. The Hall–Kier alpha value is -1.30. The molecule has 3 nitrogen and oxygen atoms in total. The molecule has 0 fully saturated rings. The number of hydrogen-bond donors (Lipinski definition) is 2. The van der Waals surface area contributed by atoms with Gasteiger partial charge in [0.05, 0.1) is 5.75 Å². The first kappa shape index (κ1) is 18.0. The van der Waals surface area contributed by atoms with Gasteiger partial charge in [0.15, 0.2) is 0 Å². The summed E-state index contributed by atoms with van der Waals surface area (Å²) >= 11 is 5.01. The van der Waals surface area contributed by atoms with E-state index < -0.39 is 0 Å². The number of benzene rings is 2. The number of carbonyl (C=O) groups excluding carboxylic acids is 1. The van der Waals surface area contributed by atoms with E-state index in [-0.39, 0.29) is 5.91 Å². The monoisotopic (exact) mass is 392 g/mol. The van der Waals surface area contributed by atoms with Gasteiger partial charge < -0.3 is 10.6 Å². The van der Waals surface area contributed by atoms with Crippen molar-refractivity contribution < 1.29 is 4.79 Å². The molecule has 5 heteroatoms. The van der Waals surface area contributed by atoms with Crippen LogP contribution in [0.2, 0.25) is 0 Å². The highest BCUT2D eigenvalue weighted by Crippen LogP contribution is 2.25. The van der Waals surface area contributed by atoms with Crippen LogP contribution in [0, 0.1) is 6.92 Å². The van der Waals surface area contributed by atoms with Crippen molar-refractivity contribution in [3.63, 3.8) is 0 Å². The van der Waals surface area contributed by atoms with Crippen molar-refractivity contribution in [2.24, 2.45) is 0 Å². The minimum absolute atomic E-state index is 0.0151. The molecule has 122 valence electrons. The lowest BCUT2D eigenvalue weighted by atomic mass is 10.1. The van der Waals surface area contributed by atoms with E-state index in [2.05, 4.69) is 46.5 Å². The fraction of sp³-hybridized carbons (Fsp3) is 0.278. The van der Waals surface area contributed by atoms with Crippen LogP contribution in [0.4, 0.5) is 5.69 Å². The Morgan fingerprint density at radius 3 is 2.74 bits per heavy atom. The van der Waals surface area contributed by atoms with Crippen LogP contribution in [0.1, 0.15) is 18.1 Å². The molecule has 0 aromatic heterocycles. The number of aryl methyl sites for hydroxylation is 1. The number of carbonyl (C=O) groups is 1. The van der Waals surface area contributed by atoms with Gasteiger partial charge in [-0.2, -0.15) is 0 Å². The van der Waals surface area contributed by atoms with Gasteiger partial charge in [0.25, 0.3) is 0 Å². The minimum Gasteiger partial charge on any atom is -0.325 e. The molecule has 0 saturated carbocycles. The summed E-state index contributed by atoms with van der Waals surface area (Å²) in [4.78, 5) is 13.4. The van der Waals surface area contributed by atoms with Gasteiger partial charge in [0.1, 0.15) is 0 Å². The van der Waals surface area contributed by atoms with Crippen LogP contribution < -0.4 is 10.6 Å². The predicted octanol–water partition coefficient (Wildman–Crippen LogP) is 4.60. The quantitative estimate of drug-likeness (QED) is 0.676. The standard InChI is InChI=1S/C18H21BrN2OS/c1-3-20-11-14-6-4-5-7-16(14)21-18(22)12-23-17-9-8-15(19)10-13(17)2/h4-10,20H,3,11-12H2,1-2H3,(H,21,22). The molecule has 2 N–H and O–H groups in total. The summed E-state index contributed by atoms with van der Waals surface area (Å²) in [5.41, 5.74) is 3.16. The first-order valence-corrected chi connectivity index (χ1v) is 9.35. The summed E-state index contributed by atoms with van der Waals surface area (Å²) in [7, 11) is 0. The van der Waals surface area contributed by atoms with Crippen LogP contribution in [0.3, 0.4) is 0 Å². The number of halogens is 1. The highest BCUT2D eigenvalue weighted by molar-refractivity contribution is 9.10. The van der Waals surface area contributed by atoms with Crippen molar-refractivity contribution in [2.75, 3.05) is 17.6 Å². The third kappa shape index (κ3) is 5.68. The number of amides is 1. The maximum Gasteiger partial charge on any atom is 0.234 e. The average Bonchev–Trinajstić information content (AvgIpc) is 2.53. The molecule has 0 bridgehead atoms. The molecule has 0 atom stereocenters. The molecule has 0 aliphatic carbocycles. The lowest BCUT2D eigenvalue weighted by molar-refractivity contribution is -0.113. The summed E-state index contributed by atoms with van der Waals surface area (Å²) < 4.78 is 1.06. The molecular weight excluding hydrogens is 372 g/mol. The molecule has 0 spiro atoms. The van der Waals surface area contributed by atoms with Gasteiger partial charge in [-0.05, 0) is 48.9 Å². The number of hydrogen-bond acceptors (Lipinski definition) is 3. The molecule has 0 radical (unpaired) electrons. The number of rotatable bonds is 7. The second-order valence-electron chi connectivity index (χ2n) is 5.18. The Labute approximate surface area is 150 Å². The second-order valence-corrected chi connectivity index (χ2v) is 7.12. The topological polar surface area (TPSA) is 41.1 Å². The van der Waals surface area contributed by atoms with Crippen molar-refractivity contribution in [3.8, 4) is 0 Å². The summed E-state index contributed by atoms with van der Waals surface area (Å²) in [6, 6.07) is 14.0. The Balaban J connectivity index is 1.94. The van der Waals surface area contributed by atoms with E-state index >= 15 is 0 Å². The van der Waals surface area contributed by atoms with Gasteiger partial charge in [-0.1, -0.05) is 41.1 Å². The number of anilines is 1. The van der Waals surface area contributed by atoms with E-state index in [9.17, 15) is 4.79 Å². The van der Waals surface area contributed by atoms with Crippen LogP contribution >= 0.6 is 27.7 Å². The Kier molecular flexibility index (Phi) is 7.15. The highest BCUT2D eigenvalue weighted by Gasteiger charge is 2.08. The SMILES string of the molecule is CCNCc1ccccc1NC(=O)CSc1ccc(Br)cc1C. The Bertz CT molecular complexity index is 676. The van der Waals surface area contributed by atoms with Crippen LogP contribution in [0.5, 0.6) is 0 Å². The van der Waals surface area contributed by atoms with Crippen molar-refractivity contribution >= 4 is 39.3 Å². The molecular formula is C18H21BrN2OS. The predicted molar refractivity (Wildman–Crippen MR) is 102 cm³/mol. The van der Waals surface area contributed by atoms with E-state index in [4.69, 9.17) is 0 Å². The molecule has 2 aromatic carbocycles. The molecule has 0 aliphatic rings. The first-order chi connectivity index (χ1) is 11.1. The van der Waals surface area contributed by atoms with Gasteiger partial charge >= 0.3 is 0 Å². The molecule has 0 unspecified atom stereocenters. The van der Waals surface area contributed by atoms with Gasteiger partial charge in [-0.15, -0.1) is 11.8 Å². The first-order valence-electron chi connectivity index (χ1n) is 7.57. The molecule has 0 aliphatic heterocycles. The molecule has 23 heavy (non-hydrogen) atoms. The zero-order valence-corrected chi connectivity index (χ0v) is 15.8. The molecule has 0 heterocycles. The van der Waals surface area contributed by atoms with Crippen LogP contribution in [0.25, 0.3) is 0 Å². The smallest absolute Gasteiger partial charge is 0.234 e. The summed E-state index contributed by atoms with van der Waals surface area (Å²) in [6.45, 7) is 5.78. The van der Waals surface area contributed by atoms with Gasteiger partial charge in [-0.3, -0.25) is 4.79 Å². The van der Waals surface area contributed by atoms with E-state index in [1.807, 2.05) is 36.4 Å². The van der Waals surface area contributed by atoms with E-state index in [0.717, 1.165) is 33.7 Å². The fourth-order valence-electron chi connectivity index (χ4n) is 2.16. The van der Waals surface area contributed by atoms with Gasteiger partial charge in [-0.25, -0.2) is 0 Å². The van der Waals surface area contributed by atoms with Crippen molar-refractivity contribution in [2.45, 2.75) is 25.3 Å². The number of para-hydroxylation sites is 1. The Morgan fingerprint density at radius 1 is 1.22 bits per heavy atom. The highest BCUT2D eigenvalue weighted by atomic mass is 79.9. The van der Waals surface area contributed by atoms with E-state index in [1.54, 1.807) is 11.8 Å². The van der Waals surface area contributed by atoms with Crippen LogP contribution in [-0.2, 0) is 11.3 Å². The average molecular weight is 393 g/mol. The van der Waals surface area contributed by atoms with Crippen LogP contribution in [0.15, 0.2) is 51.8 Å². The van der Waals surface area contributed by atoms with Crippen molar-refractivity contribution in [1.82, 2.24) is 5.32 Å². The maximum atomic E-state index is 12.2. The maximum absolute atomic E-state index is 12.2. The van der Waals surface area contributed by atoms with Crippen LogP contribution in [-0.4, -0.2) is 18.2 Å². The molecule has 2 rings (SSSR count). The number of thioether (sulfide) groups is 1. The zero-order valence-electron chi connectivity index (χ0n) is 13.4. The fourth-order valence-corrected chi connectivity index (χ4v) is 3.45.